The minimum atomic E-state index is -0.485. The molecular formula is C24H26N4O3. The molecule has 3 N–H and O–H groups in total. The number of nitrogens with zero attached hydrogens (tertiary/aromatic N) is 2. The van der Waals surface area contributed by atoms with Crippen molar-refractivity contribution in [3.8, 4) is 0 Å². The summed E-state index contributed by atoms with van der Waals surface area (Å²) in [4.78, 5) is 31.1. The third kappa shape index (κ3) is 4.57. The molecule has 3 aromatic rings. The first kappa shape index (κ1) is 21.0. The van der Waals surface area contributed by atoms with E-state index in [0.29, 0.717) is 18.7 Å². The van der Waals surface area contributed by atoms with Gasteiger partial charge in [0.25, 0.3) is 5.91 Å². The highest BCUT2D eigenvalue weighted by atomic mass is 16.5. The molecule has 0 aliphatic carbocycles. The highest BCUT2D eigenvalue weighted by Crippen LogP contribution is 2.22. The Morgan fingerprint density at radius 3 is 2.61 bits per heavy atom. The summed E-state index contributed by atoms with van der Waals surface area (Å²) in [7, 11) is 1.88. The highest BCUT2D eigenvalue weighted by molar-refractivity contribution is 5.95. The third-order valence-electron chi connectivity index (χ3n) is 5.81. The van der Waals surface area contributed by atoms with Gasteiger partial charge in [-0.15, -0.1) is 0 Å². The van der Waals surface area contributed by atoms with Crippen molar-refractivity contribution in [2.24, 2.45) is 5.92 Å². The van der Waals surface area contributed by atoms with E-state index in [4.69, 9.17) is 5.21 Å². The van der Waals surface area contributed by atoms with E-state index in [2.05, 4.69) is 22.4 Å². The minimum absolute atomic E-state index is 0.229. The van der Waals surface area contributed by atoms with Crippen LogP contribution in [0.4, 0.5) is 0 Å². The highest BCUT2D eigenvalue weighted by Gasteiger charge is 2.37. The Morgan fingerprint density at radius 1 is 1.13 bits per heavy atom. The van der Waals surface area contributed by atoms with Crippen LogP contribution in [0.2, 0.25) is 0 Å². The van der Waals surface area contributed by atoms with Gasteiger partial charge in [-0.2, -0.15) is 0 Å². The monoisotopic (exact) mass is 418 g/mol. The molecule has 160 valence electrons. The van der Waals surface area contributed by atoms with Gasteiger partial charge in [-0.05, 0) is 55.8 Å². The second-order valence-electron chi connectivity index (χ2n) is 8.20. The van der Waals surface area contributed by atoms with Gasteiger partial charge in [0.05, 0.1) is 17.5 Å². The number of carbonyl (C=O) groups excluding carboxylic acids is 2. The van der Waals surface area contributed by atoms with E-state index in [-0.39, 0.29) is 11.9 Å². The smallest absolute Gasteiger partial charge is 0.251 e. The van der Waals surface area contributed by atoms with E-state index < -0.39 is 11.8 Å². The molecule has 0 spiro atoms. The Hall–Kier alpha value is -3.29. The zero-order valence-corrected chi connectivity index (χ0v) is 17.6. The summed E-state index contributed by atoms with van der Waals surface area (Å²) in [6.45, 7) is 3.03. The number of amides is 2. The van der Waals surface area contributed by atoms with Gasteiger partial charge in [0, 0.05) is 29.7 Å². The van der Waals surface area contributed by atoms with Crippen LogP contribution < -0.4 is 10.8 Å². The maximum Gasteiger partial charge on any atom is 0.251 e. The predicted octanol–water partition coefficient (Wildman–Crippen LogP) is 2.30. The lowest BCUT2D eigenvalue weighted by molar-refractivity contribution is -0.133. The van der Waals surface area contributed by atoms with Crippen molar-refractivity contribution in [2.75, 3.05) is 20.1 Å². The van der Waals surface area contributed by atoms with Gasteiger partial charge in [0.15, 0.2) is 0 Å². The van der Waals surface area contributed by atoms with Crippen LogP contribution in [0.5, 0.6) is 0 Å². The van der Waals surface area contributed by atoms with Crippen LogP contribution in [0.1, 0.15) is 27.2 Å². The second-order valence-corrected chi connectivity index (χ2v) is 8.20. The van der Waals surface area contributed by atoms with Crippen molar-refractivity contribution in [3.63, 3.8) is 0 Å². The molecule has 0 saturated carbocycles. The molecular weight excluding hydrogens is 392 g/mol. The van der Waals surface area contributed by atoms with E-state index in [0.717, 1.165) is 28.6 Å². The maximum atomic E-state index is 12.7. The molecule has 0 unspecified atom stereocenters. The van der Waals surface area contributed by atoms with Gasteiger partial charge < -0.3 is 10.2 Å². The lowest BCUT2D eigenvalue weighted by Crippen LogP contribution is -2.45. The van der Waals surface area contributed by atoms with Crippen molar-refractivity contribution in [3.05, 3.63) is 77.0 Å². The van der Waals surface area contributed by atoms with Gasteiger partial charge >= 0.3 is 0 Å². The average Bonchev–Trinajstić information content (AvgIpc) is 3.13. The van der Waals surface area contributed by atoms with Crippen molar-refractivity contribution in [1.82, 2.24) is 20.7 Å². The molecule has 1 aliphatic heterocycles. The normalized spacial score (nSPS) is 18.8. The first-order chi connectivity index (χ1) is 14.9. The molecule has 0 radical (unpaired) electrons. The van der Waals surface area contributed by atoms with Crippen LogP contribution in [-0.4, -0.2) is 53.1 Å². The first-order valence-electron chi connectivity index (χ1n) is 10.3. The molecule has 2 aromatic carbocycles. The lowest BCUT2D eigenvalue weighted by Gasteiger charge is -2.18. The number of benzene rings is 2. The first-order valence-corrected chi connectivity index (χ1v) is 10.3. The minimum Gasteiger partial charge on any atom is -0.347 e. The summed E-state index contributed by atoms with van der Waals surface area (Å²) in [5.41, 5.74) is 6.50. The summed E-state index contributed by atoms with van der Waals surface area (Å²) < 4.78 is 0. The fourth-order valence-electron chi connectivity index (χ4n) is 4.28. The van der Waals surface area contributed by atoms with Crippen molar-refractivity contribution < 1.29 is 14.8 Å². The number of para-hydroxylation sites is 1. The molecule has 2 amide bonds. The molecule has 1 fully saturated rings. The van der Waals surface area contributed by atoms with E-state index in [1.807, 2.05) is 49.2 Å². The number of carbonyl (C=O) groups is 2. The Balaban J connectivity index is 1.47. The zero-order chi connectivity index (χ0) is 22.0. The molecule has 1 saturated heterocycles. The van der Waals surface area contributed by atoms with Gasteiger partial charge in [-0.1, -0.05) is 30.3 Å². The standard InChI is InChI=1S/C24H26N4O3/c1-15-11-18(19-5-3-4-6-21(19)25-15)12-16-7-9-17(10-8-16)23(29)26-22-14-28(2)13-20(22)24(30)27-31/h3-11,20,22,31H,12-14H2,1-2H3,(H,26,29)(H,27,30)/t20-,22+/m0/s1. The molecule has 4 rings (SSSR count). The fourth-order valence-corrected chi connectivity index (χ4v) is 4.28. The number of hydroxylamine groups is 1. The van der Waals surface area contributed by atoms with Crippen LogP contribution in [0, 0.1) is 12.8 Å². The number of pyridine rings is 1. The Labute approximate surface area is 181 Å². The molecule has 1 aromatic heterocycles. The molecule has 31 heavy (non-hydrogen) atoms. The van der Waals surface area contributed by atoms with Gasteiger partial charge in [-0.25, -0.2) is 5.48 Å². The number of aryl methyl sites for hydroxylation is 1. The van der Waals surface area contributed by atoms with E-state index in [9.17, 15) is 9.59 Å². The zero-order valence-electron chi connectivity index (χ0n) is 17.6. The number of fused-ring (bicyclic) bond motifs is 1. The number of likely N-dealkylation sites (tertiary alicyclic amines) is 1. The lowest BCUT2D eigenvalue weighted by atomic mass is 9.99. The molecule has 2 heterocycles. The quantitative estimate of drug-likeness (QED) is 0.437. The van der Waals surface area contributed by atoms with Crippen LogP contribution in [0.25, 0.3) is 10.9 Å². The Morgan fingerprint density at radius 2 is 1.87 bits per heavy atom. The van der Waals surface area contributed by atoms with Crippen molar-refractivity contribution >= 4 is 22.7 Å². The fraction of sp³-hybridized carbons (Fsp3) is 0.292. The van der Waals surface area contributed by atoms with Crippen LogP contribution in [0.15, 0.2) is 54.6 Å². The van der Waals surface area contributed by atoms with Crippen LogP contribution in [-0.2, 0) is 11.2 Å². The number of nitrogens with one attached hydrogen (secondary N) is 2. The molecule has 7 nitrogen and oxygen atoms in total. The van der Waals surface area contributed by atoms with Crippen molar-refractivity contribution in [2.45, 2.75) is 19.4 Å². The van der Waals surface area contributed by atoms with E-state index in [1.54, 1.807) is 17.6 Å². The van der Waals surface area contributed by atoms with E-state index in [1.165, 1.54) is 5.56 Å². The molecule has 0 bridgehead atoms. The number of likely N-dealkylation sites (N-methyl/N-ethyl adjacent to an activating group) is 1. The molecule has 7 heteroatoms. The van der Waals surface area contributed by atoms with Crippen LogP contribution in [0.3, 0.4) is 0 Å². The topological polar surface area (TPSA) is 94.6 Å². The summed E-state index contributed by atoms with van der Waals surface area (Å²) >= 11 is 0. The van der Waals surface area contributed by atoms with E-state index >= 15 is 0 Å². The Kier molecular flexibility index (Phi) is 5.97. The summed E-state index contributed by atoms with van der Waals surface area (Å²) in [5.74, 6) is -1.20. The largest absolute Gasteiger partial charge is 0.347 e. The van der Waals surface area contributed by atoms with Gasteiger partial charge in [-0.3, -0.25) is 19.8 Å². The van der Waals surface area contributed by atoms with Gasteiger partial charge in [0.1, 0.15) is 0 Å². The van der Waals surface area contributed by atoms with Crippen molar-refractivity contribution in [1.29, 1.82) is 0 Å². The number of hydrogen-bond donors (Lipinski definition) is 3. The van der Waals surface area contributed by atoms with Gasteiger partial charge in [0.2, 0.25) is 5.91 Å². The summed E-state index contributed by atoms with van der Waals surface area (Å²) in [5, 5.41) is 13.0. The molecule has 2 atom stereocenters. The summed E-state index contributed by atoms with van der Waals surface area (Å²) in [6, 6.07) is 17.4. The summed E-state index contributed by atoms with van der Waals surface area (Å²) in [6.07, 6.45) is 0.748. The number of aromatic nitrogens is 1. The number of hydrogen-bond acceptors (Lipinski definition) is 5. The number of rotatable bonds is 5. The second kappa shape index (κ2) is 8.83. The third-order valence-corrected chi connectivity index (χ3v) is 5.81. The Bertz CT molecular complexity index is 1110. The SMILES string of the molecule is Cc1cc(Cc2ccc(C(=O)N[C@@H]3CN(C)C[C@@H]3C(=O)NO)cc2)c2ccccc2n1. The molecule has 1 aliphatic rings. The predicted molar refractivity (Wildman–Crippen MR) is 118 cm³/mol. The average molecular weight is 418 g/mol. The maximum absolute atomic E-state index is 12.7. The van der Waals surface area contributed by atoms with Crippen LogP contribution >= 0.6 is 0 Å².